The largest absolute Gasteiger partial charge is 0.481 e. The average Bonchev–Trinajstić information content (AvgIpc) is 2.37. The van der Waals surface area contributed by atoms with Crippen LogP contribution in [0.4, 0.5) is 4.39 Å². The molecule has 0 aliphatic heterocycles. The molecule has 102 valence electrons. The van der Waals surface area contributed by atoms with Gasteiger partial charge in [0.15, 0.2) is 0 Å². The first-order valence-corrected chi connectivity index (χ1v) is 6.97. The van der Waals surface area contributed by atoms with Crippen molar-refractivity contribution in [2.45, 2.75) is 38.0 Å². The first-order valence-electron chi connectivity index (χ1n) is 6.18. The molecule has 0 spiro atoms. The highest BCUT2D eigenvalue weighted by molar-refractivity contribution is 9.10. The summed E-state index contributed by atoms with van der Waals surface area (Å²) in [7, 11) is 0. The minimum absolute atomic E-state index is 0.235. The molecule has 0 saturated carbocycles. The van der Waals surface area contributed by atoms with E-state index in [2.05, 4.69) is 21.9 Å². The number of halogens is 2. The van der Waals surface area contributed by atoms with Gasteiger partial charge in [0.1, 0.15) is 5.82 Å². The van der Waals surface area contributed by atoms with E-state index in [9.17, 15) is 14.3 Å². The smallest absolute Gasteiger partial charge is 0.311 e. The number of carboxylic acids is 1. The Bertz CT molecular complexity index is 480. The maximum absolute atomic E-state index is 13.9. The summed E-state index contributed by atoms with van der Waals surface area (Å²) >= 11 is 3.08. The van der Waals surface area contributed by atoms with Gasteiger partial charge in [-0.2, -0.15) is 0 Å². The van der Waals surface area contributed by atoms with E-state index in [1.165, 1.54) is 6.07 Å². The minimum Gasteiger partial charge on any atom is -0.481 e. The molecule has 0 radical (unpaired) electrons. The lowest BCUT2D eigenvalue weighted by Crippen LogP contribution is -2.13. The Kier molecular flexibility index (Phi) is 6.58. The Morgan fingerprint density at radius 3 is 2.79 bits per heavy atom. The predicted octanol–water partition coefficient (Wildman–Crippen LogP) is 4.34. The molecule has 1 N–H and O–H groups in total. The molecular formula is C15H16BrFO2. The van der Waals surface area contributed by atoms with Crippen LogP contribution in [0.25, 0.3) is 0 Å². The standard InChI is InChI=1S/C15H16BrFO2/c1-2-3-4-5-6-8-12(15(18)19)11-9-7-10-13(16)14(11)17/h1,7,9-10,12H,3-6,8H2,(H,18,19). The number of carboxylic acid groups (broad SMARTS) is 1. The van der Waals surface area contributed by atoms with Gasteiger partial charge >= 0.3 is 5.97 Å². The number of carbonyl (C=O) groups is 1. The van der Waals surface area contributed by atoms with Gasteiger partial charge in [0.2, 0.25) is 0 Å². The molecular weight excluding hydrogens is 311 g/mol. The molecule has 1 unspecified atom stereocenters. The van der Waals surface area contributed by atoms with Gasteiger partial charge in [0.25, 0.3) is 0 Å². The van der Waals surface area contributed by atoms with Crippen molar-refractivity contribution < 1.29 is 14.3 Å². The van der Waals surface area contributed by atoms with Crippen molar-refractivity contribution in [2.24, 2.45) is 0 Å². The summed E-state index contributed by atoms with van der Waals surface area (Å²) < 4.78 is 14.2. The number of rotatable bonds is 7. The number of benzene rings is 1. The van der Waals surface area contributed by atoms with E-state index in [1.807, 2.05) is 0 Å². The zero-order valence-electron chi connectivity index (χ0n) is 10.5. The maximum Gasteiger partial charge on any atom is 0.311 e. The van der Waals surface area contributed by atoms with Crippen LogP contribution in [0.3, 0.4) is 0 Å². The number of unbranched alkanes of at least 4 members (excludes halogenated alkanes) is 3. The second-order valence-corrected chi connectivity index (χ2v) is 5.19. The van der Waals surface area contributed by atoms with Gasteiger partial charge in [-0.05, 0) is 34.8 Å². The molecule has 4 heteroatoms. The molecule has 1 aromatic rings. The van der Waals surface area contributed by atoms with Crippen LogP contribution in [-0.2, 0) is 4.79 Å². The fourth-order valence-electron chi connectivity index (χ4n) is 1.95. The fraction of sp³-hybridized carbons (Fsp3) is 0.400. The van der Waals surface area contributed by atoms with Crippen molar-refractivity contribution in [3.63, 3.8) is 0 Å². The first kappa shape index (κ1) is 15.7. The van der Waals surface area contributed by atoms with Crippen LogP contribution in [0.2, 0.25) is 0 Å². The quantitative estimate of drug-likeness (QED) is 0.597. The molecule has 0 aromatic heterocycles. The number of hydrogen-bond acceptors (Lipinski definition) is 1. The Hall–Kier alpha value is -1.34. The highest BCUT2D eigenvalue weighted by Crippen LogP contribution is 2.29. The first-order chi connectivity index (χ1) is 9.07. The molecule has 0 aliphatic rings. The van der Waals surface area contributed by atoms with Gasteiger partial charge in [0, 0.05) is 12.0 Å². The second kappa shape index (κ2) is 7.96. The molecule has 1 atom stereocenters. The molecule has 1 aromatic carbocycles. The van der Waals surface area contributed by atoms with E-state index in [1.54, 1.807) is 12.1 Å². The van der Waals surface area contributed by atoms with Crippen LogP contribution in [-0.4, -0.2) is 11.1 Å². The summed E-state index contributed by atoms with van der Waals surface area (Å²) in [5.74, 6) is 0.263. The third kappa shape index (κ3) is 4.68. The van der Waals surface area contributed by atoms with Crippen molar-refractivity contribution in [3.05, 3.63) is 34.1 Å². The fourth-order valence-corrected chi connectivity index (χ4v) is 2.34. The monoisotopic (exact) mass is 326 g/mol. The topological polar surface area (TPSA) is 37.3 Å². The minimum atomic E-state index is -0.992. The van der Waals surface area contributed by atoms with E-state index in [4.69, 9.17) is 6.42 Å². The molecule has 0 bridgehead atoms. The van der Waals surface area contributed by atoms with E-state index in [-0.39, 0.29) is 5.56 Å². The summed E-state index contributed by atoms with van der Waals surface area (Å²) in [4.78, 5) is 11.3. The Balaban J connectivity index is 2.70. The zero-order chi connectivity index (χ0) is 14.3. The van der Waals surface area contributed by atoms with Crippen molar-refractivity contribution in [1.29, 1.82) is 0 Å². The highest BCUT2D eigenvalue weighted by Gasteiger charge is 2.23. The van der Waals surface area contributed by atoms with Crippen LogP contribution in [0.15, 0.2) is 22.7 Å². The van der Waals surface area contributed by atoms with Crippen LogP contribution in [0.1, 0.15) is 43.6 Å². The molecule has 0 heterocycles. The van der Waals surface area contributed by atoms with Gasteiger partial charge in [-0.1, -0.05) is 25.0 Å². The van der Waals surface area contributed by atoms with Crippen LogP contribution >= 0.6 is 15.9 Å². The predicted molar refractivity (Wildman–Crippen MR) is 76.4 cm³/mol. The Morgan fingerprint density at radius 2 is 2.16 bits per heavy atom. The molecule has 0 fully saturated rings. The van der Waals surface area contributed by atoms with Crippen molar-refractivity contribution in [3.8, 4) is 12.3 Å². The summed E-state index contributed by atoms with van der Waals surface area (Å²) in [5, 5.41) is 9.23. The molecule has 19 heavy (non-hydrogen) atoms. The van der Waals surface area contributed by atoms with Gasteiger partial charge in [-0.25, -0.2) is 4.39 Å². The van der Waals surface area contributed by atoms with Gasteiger partial charge in [-0.15, -0.1) is 12.3 Å². The lowest BCUT2D eigenvalue weighted by molar-refractivity contribution is -0.139. The van der Waals surface area contributed by atoms with Gasteiger partial charge in [-0.3, -0.25) is 4.79 Å². The van der Waals surface area contributed by atoms with Gasteiger partial charge in [0.05, 0.1) is 10.4 Å². The van der Waals surface area contributed by atoms with Crippen LogP contribution < -0.4 is 0 Å². The highest BCUT2D eigenvalue weighted by atomic mass is 79.9. The Labute approximate surface area is 121 Å². The molecule has 0 saturated heterocycles. The summed E-state index contributed by atoms with van der Waals surface area (Å²) in [5.41, 5.74) is 0.235. The zero-order valence-corrected chi connectivity index (χ0v) is 12.1. The van der Waals surface area contributed by atoms with E-state index in [0.29, 0.717) is 17.3 Å². The third-order valence-corrected chi connectivity index (χ3v) is 3.58. The Morgan fingerprint density at radius 1 is 1.42 bits per heavy atom. The molecule has 0 amide bonds. The molecule has 0 aliphatic carbocycles. The van der Waals surface area contributed by atoms with Gasteiger partial charge < -0.3 is 5.11 Å². The lowest BCUT2D eigenvalue weighted by Gasteiger charge is -2.14. The van der Waals surface area contributed by atoms with E-state index < -0.39 is 17.7 Å². The third-order valence-electron chi connectivity index (χ3n) is 2.97. The summed E-state index contributed by atoms with van der Waals surface area (Å²) in [6, 6.07) is 4.74. The van der Waals surface area contributed by atoms with Crippen LogP contribution in [0, 0.1) is 18.2 Å². The van der Waals surface area contributed by atoms with E-state index in [0.717, 1.165) is 19.3 Å². The SMILES string of the molecule is C#CCCCCCC(C(=O)O)c1cccc(Br)c1F. The normalized spacial score (nSPS) is 11.8. The number of terminal acetylenes is 1. The number of aliphatic carboxylic acids is 1. The summed E-state index contributed by atoms with van der Waals surface area (Å²) in [6.45, 7) is 0. The van der Waals surface area contributed by atoms with Crippen molar-refractivity contribution >= 4 is 21.9 Å². The maximum atomic E-state index is 13.9. The summed E-state index contributed by atoms with van der Waals surface area (Å²) in [6.07, 6.45) is 8.74. The lowest BCUT2D eigenvalue weighted by atomic mass is 9.92. The second-order valence-electron chi connectivity index (χ2n) is 4.34. The number of hydrogen-bond donors (Lipinski definition) is 1. The van der Waals surface area contributed by atoms with Crippen molar-refractivity contribution in [1.82, 2.24) is 0 Å². The van der Waals surface area contributed by atoms with E-state index >= 15 is 0 Å². The van der Waals surface area contributed by atoms with Crippen LogP contribution in [0.5, 0.6) is 0 Å². The molecule has 2 nitrogen and oxygen atoms in total. The van der Waals surface area contributed by atoms with Crippen molar-refractivity contribution in [2.75, 3.05) is 0 Å². The average molecular weight is 327 g/mol. The molecule has 1 rings (SSSR count).